The first kappa shape index (κ1) is 11.4. The van der Waals surface area contributed by atoms with Crippen molar-refractivity contribution >= 4 is 0 Å². The van der Waals surface area contributed by atoms with Crippen LogP contribution in [-0.4, -0.2) is 48.8 Å². The molecule has 3 nitrogen and oxygen atoms in total. The Hall–Kier alpha value is -0.120. The van der Waals surface area contributed by atoms with Crippen molar-refractivity contribution in [3.05, 3.63) is 0 Å². The number of rotatable bonds is 2. The van der Waals surface area contributed by atoms with Gasteiger partial charge in [0.2, 0.25) is 0 Å². The second-order valence-electron chi connectivity index (χ2n) is 5.08. The van der Waals surface area contributed by atoms with E-state index in [0.29, 0.717) is 12.1 Å². The zero-order valence-corrected chi connectivity index (χ0v) is 10.3. The van der Waals surface area contributed by atoms with Crippen molar-refractivity contribution in [3.63, 3.8) is 0 Å². The van der Waals surface area contributed by atoms with Gasteiger partial charge in [-0.3, -0.25) is 4.90 Å². The molecule has 0 bridgehead atoms. The van der Waals surface area contributed by atoms with Crippen molar-refractivity contribution < 1.29 is 4.74 Å². The lowest BCUT2D eigenvalue weighted by Crippen LogP contribution is -2.62. The lowest BCUT2D eigenvalue weighted by molar-refractivity contribution is -0.0153. The maximum atomic E-state index is 5.75. The summed E-state index contributed by atoms with van der Waals surface area (Å²) in [7, 11) is 0. The molecule has 1 N–H and O–H groups in total. The van der Waals surface area contributed by atoms with Gasteiger partial charge < -0.3 is 10.1 Å². The summed E-state index contributed by atoms with van der Waals surface area (Å²) in [6, 6.07) is 0.688. The van der Waals surface area contributed by atoms with Crippen molar-refractivity contribution in [2.24, 2.45) is 0 Å². The van der Waals surface area contributed by atoms with Crippen molar-refractivity contribution in [3.8, 4) is 0 Å². The Morgan fingerprint density at radius 1 is 1.53 bits per heavy atom. The highest BCUT2D eigenvalue weighted by molar-refractivity contribution is 4.99. The molecule has 0 aromatic rings. The van der Waals surface area contributed by atoms with Gasteiger partial charge in [-0.15, -0.1) is 0 Å². The minimum Gasteiger partial charge on any atom is -0.377 e. The summed E-state index contributed by atoms with van der Waals surface area (Å²) in [5, 5.41) is 3.49. The van der Waals surface area contributed by atoms with Crippen molar-refractivity contribution in [2.75, 3.05) is 26.2 Å². The molecule has 0 aliphatic carbocycles. The van der Waals surface area contributed by atoms with Crippen LogP contribution in [0.1, 0.15) is 33.6 Å². The number of hydrogen-bond donors (Lipinski definition) is 1. The average Bonchev–Trinajstić information content (AvgIpc) is 2.60. The van der Waals surface area contributed by atoms with Crippen LogP contribution < -0.4 is 5.32 Å². The molecule has 2 aliphatic rings. The molecule has 0 radical (unpaired) electrons. The second-order valence-corrected chi connectivity index (χ2v) is 5.08. The quantitative estimate of drug-likeness (QED) is 0.745. The fourth-order valence-corrected chi connectivity index (χ4v) is 3.00. The van der Waals surface area contributed by atoms with E-state index in [1.165, 1.54) is 19.4 Å². The third-order valence-corrected chi connectivity index (χ3v) is 4.33. The predicted octanol–water partition coefficient (Wildman–Crippen LogP) is 1.24. The Kier molecular flexibility index (Phi) is 3.33. The maximum Gasteiger partial charge on any atom is 0.0728 e. The highest BCUT2D eigenvalue weighted by Gasteiger charge is 2.44. The normalized spacial score (nSPS) is 43.4. The van der Waals surface area contributed by atoms with E-state index in [1.807, 2.05) is 0 Å². The van der Waals surface area contributed by atoms with Gasteiger partial charge in [-0.1, -0.05) is 6.92 Å². The molecule has 3 unspecified atom stereocenters. The van der Waals surface area contributed by atoms with Crippen LogP contribution in [0.5, 0.6) is 0 Å². The number of hydrogen-bond acceptors (Lipinski definition) is 3. The zero-order valence-electron chi connectivity index (χ0n) is 10.3. The topological polar surface area (TPSA) is 24.5 Å². The number of piperazine rings is 1. The molecule has 15 heavy (non-hydrogen) atoms. The summed E-state index contributed by atoms with van der Waals surface area (Å²) in [5.41, 5.74) is 0.267. The maximum absolute atomic E-state index is 5.75. The van der Waals surface area contributed by atoms with Gasteiger partial charge >= 0.3 is 0 Å². The highest BCUT2D eigenvalue weighted by atomic mass is 16.5. The minimum absolute atomic E-state index is 0.267. The molecule has 0 aromatic heterocycles. The molecule has 2 rings (SSSR count). The van der Waals surface area contributed by atoms with Crippen LogP contribution in [-0.2, 0) is 4.74 Å². The van der Waals surface area contributed by atoms with Gasteiger partial charge in [0.1, 0.15) is 0 Å². The molecule has 2 aliphatic heterocycles. The van der Waals surface area contributed by atoms with Crippen LogP contribution in [0.15, 0.2) is 0 Å². The van der Waals surface area contributed by atoms with E-state index in [4.69, 9.17) is 4.74 Å². The lowest BCUT2D eigenvalue weighted by Gasteiger charge is -2.47. The number of ether oxygens (including phenoxy) is 1. The second kappa shape index (κ2) is 4.40. The highest BCUT2D eigenvalue weighted by Crippen LogP contribution is 2.34. The van der Waals surface area contributed by atoms with E-state index in [-0.39, 0.29) is 5.54 Å². The van der Waals surface area contributed by atoms with E-state index in [9.17, 15) is 0 Å². The van der Waals surface area contributed by atoms with Crippen LogP contribution >= 0.6 is 0 Å². The van der Waals surface area contributed by atoms with Gasteiger partial charge in [-0.05, 0) is 26.7 Å². The standard InChI is InChI=1S/C12H24N2O/c1-4-11-9-13-6-7-14(11)12(3)5-8-15-10(12)2/h10-11,13H,4-9H2,1-3H3. The van der Waals surface area contributed by atoms with E-state index in [1.54, 1.807) is 0 Å². The largest absolute Gasteiger partial charge is 0.377 e. The SMILES string of the molecule is CCC1CNCCN1C1(C)CCOC1C. The fraction of sp³-hybridized carbons (Fsp3) is 1.00. The van der Waals surface area contributed by atoms with E-state index in [0.717, 1.165) is 19.7 Å². The van der Waals surface area contributed by atoms with E-state index < -0.39 is 0 Å². The van der Waals surface area contributed by atoms with Crippen LogP contribution in [0.25, 0.3) is 0 Å². The van der Waals surface area contributed by atoms with Gasteiger partial charge in [0, 0.05) is 37.8 Å². The Labute approximate surface area is 93.2 Å². The molecule has 2 heterocycles. The Morgan fingerprint density at radius 2 is 2.33 bits per heavy atom. The van der Waals surface area contributed by atoms with Crippen LogP contribution in [0, 0.1) is 0 Å². The zero-order chi connectivity index (χ0) is 10.9. The third kappa shape index (κ3) is 1.93. The summed E-state index contributed by atoms with van der Waals surface area (Å²) in [6.45, 7) is 11.2. The molecule has 2 fully saturated rings. The molecule has 3 heteroatoms. The molecular weight excluding hydrogens is 188 g/mol. The first-order valence-electron chi connectivity index (χ1n) is 6.27. The molecule has 0 aromatic carbocycles. The molecule has 0 spiro atoms. The fourth-order valence-electron chi connectivity index (χ4n) is 3.00. The van der Waals surface area contributed by atoms with Crippen LogP contribution in [0.4, 0.5) is 0 Å². The van der Waals surface area contributed by atoms with Gasteiger partial charge in [-0.25, -0.2) is 0 Å². The number of nitrogens with one attached hydrogen (secondary N) is 1. The Morgan fingerprint density at radius 3 is 2.93 bits per heavy atom. The van der Waals surface area contributed by atoms with Gasteiger partial charge in [-0.2, -0.15) is 0 Å². The molecule has 0 amide bonds. The molecular formula is C12H24N2O. The van der Waals surface area contributed by atoms with Crippen molar-refractivity contribution in [2.45, 2.75) is 51.3 Å². The lowest BCUT2D eigenvalue weighted by atomic mass is 9.89. The number of nitrogens with zero attached hydrogens (tertiary/aromatic N) is 1. The molecule has 3 atom stereocenters. The molecule has 0 saturated carbocycles. The summed E-state index contributed by atoms with van der Waals surface area (Å²) < 4.78 is 5.75. The minimum atomic E-state index is 0.267. The summed E-state index contributed by atoms with van der Waals surface area (Å²) >= 11 is 0. The third-order valence-electron chi connectivity index (χ3n) is 4.33. The molecule has 88 valence electrons. The Bertz CT molecular complexity index is 222. The monoisotopic (exact) mass is 212 g/mol. The Balaban J connectivity index is 2.12. The summed E-state index contributed by atoms with van der Waals surface area (Å²) in [4.78, 5) is 2.68. The smallest absolute Gasteiger partial charge is 0.0728 e. The van der Waals surface area contributed by atoms with E-state index in [2.05, 4.69) is 31.0 Å². The molecule has 2 saturated heterocycles. The van der Waals surface area contributed by atoms with Gasteiger partial charge in [0.25, 0.3) is 0 Å². The van der Waals surface area contributed by atoms with Gasteiger partial charge in [0.05, 0.1) is 6.10 Å². The summed E-state index contributed by atoms with van der Waals surface area (Å²) in [6.07, 6.45) is 2.80. The van der Waals surface area contributed by atoms with Crippen molar-refractivity contribution in [1.82, 2.24) is 10.2 Å². The van der Waals surface area contributed by atoms with Crippen molar-refractivity contribution in [1.29, 1.82) is 0 Å². The van der Waals surface area contributed by atoms with Gasteiger partial charge in [0.15, 0.2) is 0 Å². The average molecular weight is 212 g/mol. The van der Waals surface area contributed by atoms with E-state index >= 15 is 0 Å². The van der Waals surface area contributed by atoms with Crippen LogP contribution in [0.2, 0.25) is 0 Å². The first-order valence-corrected chi connectivity index (χ1v) is 6.27. The van der Waals surface area contributed by atoms with Crippen LogP contribution in [0.3, 0.4) is 0 Å². The first-order chi connectivity index (χ1) is 7.18. The predicted molar refractivity (Wildman–Crippen MR) is 62.1 cm³/mol. The summed E-state index contributed by atoms with van der Waals surface area (Å²) in [5.74, 6) is 0.